The van der Waals surface area contributed by atoms with Crippen molar-refractivity contribution >= 4 is 35.6 Å². The Morgan fingerprint density at radius 2 is 2.08 bits per heavy atom. The molecule has 1 fully saturated rings. The second-order valence-electron chi connectivity index (χ2n) is 6.31. The van der Waals surface area contributed by atoms with E-state index in [0.717, 1.165) is 44.5 Å². The molecule has 0 saturated carbocycles. The quantitative estimate of drug-likeness (QED) is 0.181. The number of unbranched alkanes of at least 4 members (excludes halogenated alkanes) is 1. The number of rotatable bonds is 6. The molecular formula is C17H27IN4O2. The molecule has 1 aromatic rings. The summed E-state index contributed by atoms with van der Waals surface area (Å²) >= 11 is 0. The van der Waals surface area contributed by atoms with Gasteiger partial charge in [0.25, 0.3) is 5.69 Å². The molecule has 7 heteroatoms. The average molecular weight is 446 g/mol. The molecule has 1 atom stereocenters. The zero-order chi connectivity index (χ0) is 16.7. The number of nitro benzene ring substituents is 1. The number of aliphatic imine (C=N–C) groups is 1. The molecule has 24 heavy (non-hydrogen) atoms. The van der Waals surface area contributed by atoms with E-state index in [0.29, 0.717) is 11.9 Å². The predicted octanol–water partition coefficient (Wildman–Crippen LogP) is 3.58. The number of non-ortho nitro benzene ring substituents is 1. The van der Waals surface area contributed by atoms with Crippen LogP contribution in [0.15, 0.2) is 29.3 Å². The highest BCUT2D eigenvalue weighted by atomic mass is 127. The second kappa shape index (κ2) is 10.5. The van der Waals surface area contributed by atoms with Crippen molar-refractivity contribution < 1.29 is 4.92 Å². The Bertz CT molecular complexity index is 548. The molecule has 2 rings (SSSR count). The minimum absolute atomic E-state index is 0. The molecule has 0 aliphatic carbocycles. The van der Waals surface area contributed by atoms with Gasteiger partial charge in [0.1, 0.15) is 0 Å². The van der Waals surface area contributed by atoms with E-state index in [4.69, 9.17) is 5.73 Å². The number of piperidine rings is 1. The minimum Gasteiger partial charge on any atom is -0.370 e. The zero-order valence-corrected chi connectivity index (χ0v) is 16.5. The number of aryl methyl sites for hydroxylation is 1. The van der Waals surface area contributed by atoms with E-state index in [9.17, 15) is 10.1 Å². The van der Waals surface area contributed by atoms with Gasteiger partial charge in [-0.05, 0) is 43.6 Å². The molecule has 0 spiro atoms. The number of nitrogens with zero attached hydrogens (tertiary/aromatic N) is 3. The standard InChI is InChI=1S/C17H26N4O2.HI/c1-14-5-4-12-20(13-14)17(18)19-11-3-2-6-15-7-9-16(10-8-15)21(22)23;/h7-10,14H,2-6,11-13H2,1H3,(H2,18,19);1H. The summed E-state index contributed by atoms with van der Waals surface area (Å²) in [5, 5.41) is 10.6. The van der Waals surface area contributed by atoms with E-state index in [2.05, 4.69) is 16.8 Å². The van der Waals surface area contributed by atoms with Gasteiger partial charge in [0.15, 0.2) is 5.96 Å². The highest BCUT2D eigenvalue weighted by molar-refractivity contribution is 14.0. The smallest absolute Gasteiger partial charge is 0.269 e. The van der Waals surface area contributed by atoms with Gasteiger partial charge in [-0.2, -0.15) is 0 Å². The van der Waals surface area contributed by atoms with Gasteiger partial charge in [-0.1, -0.05) is 19.1 Å². The predicted molar refractivity (Wildman–Crippen MR) is 108 cm³/mol. The lowest BCUT2D eigenvalue weighted by atomic mass is 10.0. The normalized spacial score (nSPS) is 18.1. The minimum atomic E-state index is -0.372. The molecule has 0 aromatic heterocycles. The molecule has 0 radical (unpaired) electrons. The average Bonchev–Trinajstić information content (AvgIpc) is 2.54. The number of hydrogen-bond acceptors (Lipinski definition) is 3. The third-order valence-corrected chi connectivity index (χ3v) is 4.28. The van der Waals surface area contributed by atoms with E-state index >= 15 is 0 Å². The topological polar surface area (TPSA) is 84.8 Å². The fraction of sp³-hybridized carbons (Fsp3) is 0.588. The number of nitro groups is 1. The largest absolute Gasteiger partial charge is 0.370 e. The van der Waals surface area contributed by atoms with Gasteiger partial charge in [0.2, 0.25) is 0 Å². The van der Waals surface area contributed by atoms with Gasteiger partial charge in [-0.15, -0.1) is 24.0 Å². The van der Waals surface area contributed by atoms with Crippen LogP contribution in [-0.2, 0) is 6.42 Å². The molecule has 134 valence electrons. The van der Waals surface area contributed by atoms with Crippen molar-refractivity contribution in [2.75, 3.05) is 19.6 Å². The Labute approximate surface area is 160 Å². The summed E-state index contributed by atoms with van der Waals surface area (Å²) in [5.74, 6) is 1.37. The fourth-order valence-corrected chi connectivity index (χ4v) is 2.92. The molecule has 1 saturated heterocycles. The lowest BCUT2D eigenvalue weighted by Crippen LogP contribution is -2.43. The Kier molecular flexibility index (Phi) is 9.02. The summed E-state index contributed by atoms with van der Waals surface area (Å²) in [6.07, 6.45) is 5.36. The number of nitrogens with two attached hydrogens (primary N) is 1. The van der Waals surface area contributed by atoms with Crippen molar-refractivity contribution in [3.05, 3.63) is 39.9 Å². The summed E-state index contributed by atoms with van der Waals surface area (Å²) in [5.41, 5.74) is 7.32. The molecule has 0 amide bonds. The highest BCUT2D eigenvalue weighted by Gasteiger charge is 2.17. The lowest BCUT2D eigenvalue weighted by molar-refractivity contribution is -0.384. The Morgan fingerprint density at radius 1 is 1.38 bits per heavy atom. The molecule has 6 nitrogen and oxygen atoms in total. The third-order valence-electron chi connectivity index (χ3n) is 4.28. The van der Waals surface area contributed by atoms with E-state index in [-0.39, 0.29) is 34.6 Å². The highest BCUT2D eigenvalue weighted by Crippen LogP contribution is 2.15. The molecule has 1 unspecified atom stereocenters. The number of halogens is 1. The Hall–Kier alpha value is -1.38. The van der Waals surface area contributed by atoms with Crippen LogP contribution in [0.5, 0.6) is 0 Å². The summed E-state index contributed by atoms with van der Waals surface area (Å²) < 4.78 is 0. The van der Waals surface area contributed by atoms with Gasteiger partial charge in [0.05, 0.1) is 4.92 Å². The summed E-state index contributed by atoms with van der Waals surface area (Å²) in [4.78, 5) is 16.9. The fourth-order valence-electron chi connectivity index (χ4n) is 2.92. The summed E-state index contributed by atoms with van der Waals surface area (Å²) in [6, 6.07) is 6.77. The van der Waals surface area contributed by atoms with Crippen LogP contribution in [0.1, 0.15) is 38.2 Å². The van der Waals surface area contributed by atoms with E-state index < -0.39 is 0 Å². The molecule has 1 heterocycles. The maximum Gasteiger partial charge on any atom is 0.269 e. The number of likely N-dealkylation sites (tertiary alicyclic amines) is 1. The number of guanidine groups is 1. The summed E-state index contributed by atoms with van der Waals surface area (Å²) in [7, 11) is 0. The Balaban J connectivity index is 0.00000288. The molecule has 1 aromatic carbocycles. The van der Waals surface area contributed by atoms with Crippen molar-refractivity contribution in [3.63, 3.8) is 0 Å². The van der Waals surface area contributed by atoms with Crippen LogP contribution < -0.4 is 5.73 Å². The van der Waals surface area contributed by atoms with Gasteiger partial charge in [-0.25, -0.2) is 0 Å². The maximum atomic E-state index is 10.6. The van der Waals surface area contributed by atoms with Crippen molar-refractivity contribution in [2.24, 2.45) is 16.6 Å². The van der Waals surface area contributed by atoms with Crippen molar-refractivity contribution in [1.82, 2.24) is 4.90 Å². The SMILES string of the molecule is CC1CCCN(C(N)=NCCCCc2ccc([N+](=O)[O-])cc2)C1.I. The third kappa shape index (κ3) is 6.62. The number of hydrogen-bond donors (Lipinski definition) is 1. The van der Waals surface area contributed by atoms with Crippen LogP contribution in [0.25, 0.3) is 0 Å². The van der Waals surface area contributed by atoms with Crippen LogP contribution in [0.3, 0.4) is 0 Å². The van der Waals surface area contributed by atoms with E-state index in [1.165, 1.54) is 12.8 Å². The lowest BCUT2D eigenvalue weighted by Gasteiger charge is -2.31. The maximum absolute atomic E-state index is 10.6. The van der Waals surface area contributed by atoms with Gasteiger partial charge in [0, 0.05) is 31.8 Å². The van der Waals surface area contributed by atoms with Crippen LogP contribution in [0.2, 0.25) is 0 Å². The van der Waals surface area contributed by atoms with Crippen molar-refractivity contribution in [1.29, 1.82) is 0 Å². The molecule has 1 aliphatic rings. The molecule has 0 bridgehead atoms. The number of benzene rings is 1. The van der Waals surface area contributed by atoms with Gasteiger partial charge in [-0.3, -0.25) is 15.1 Å². The monoisotopic (exact) mass is 446 g/mol. The van der Waals surface area contributed by atoms with Crippen LogP contribution in [0, 0.1) is 16.0 Å². The van der Waals surface area contributed by atoms with Crippen molar-refractivity contribution in [3.8, 4) is 0 Å². The van der Waals surface area contributed by atoms with Gasteiger partial charge < -0.3 is 10.6 Å². The van der Waals surface area contributed by atoms with E-state index in [1.807, 2.05) is 12.1 Å². The molecular weight excluding hydrogens is 419 g/mol. The van der Waals surface area contributed by atoms with Gasteiger partial charge >= 0.3 is 0 Å². The summed E-state index contributed by atoms with van der Waals surface area (Å²) in [6.45, 7) is 5.02. The van der Waals surface area contributed by atoms with E-state index in [1.54, 1.807) is 12.1 Å². The first-order valence-electron chi connectivity index (χ1n) is 8.34. The molecule has 1 aliphatic heterocycles. The van der Waals surface area contributed by atoms with Crippen LogP contribution >= 0.6 is 24.0 Å². The second-order valence-corrected chi connectivity index (χ2v) is 6.31. The zero-order valence-electron chi connectivity index (χ0n) is 14.2. The molecule has 2 N–H and O–H groups in total. The van der Waals surface area contributed by atoms with Crippen molar-refractivity contribution in [2.45, 2.75) is 39.0 Å². The first kappa shape index (κ1) is 20.7. The Morgan fingerprint density at radius 3 is 2.71 bits per heavy atom. The van der Waals surface area contributed by atoms with Crippen LogP contribution in [-0.4, -0.2) is 35.4 Å². The van der Waals surface area contributed by atoms with Crippen LogP contribution in [0.4, 0.5) is 5.69 Å². The first-order chi connectivity index (χ1) is 11.1. The first-order valence-corrected chi connectivity index (χ1v) is 8.34.